The van der Waals surface area contributed by atoms with E-state index in [2.05, 4.69) is 15.9 Å². The maximum absolute atomic E-state index is 12.3. The number of rotatable bonds is 3. The molecule has 0 aromatic heterocycles. The average Bonchev–Trinajstić information content (AvgIpc) is 2.33. The van der Waals surface area contributed by atoms with E-state index in [1.165, 1.54) is 0 Å². The van der Waals surface area contributed by atoms with Crippen molar-refractivity contribution in [2.45, 2.75) is 12.7 Å². The third-order valence-electron chi connectivity index (χ3n) is 3.09. The van der Waals surface area contributed by atoms with Crippen molar-refractivity contribution in [3.05, 3.63) is 34.3 Å². The lowest BCUT2D eigenvalue weighted by Crippen LogP contribution is -2.52. The van der Waals surface area contributed by atoms with Crippen molar-refractivity contribution in [2.24, 2.45) is 0 Å². The molecule has 1 saturated heterocycles. The zero-order valence-corrected chi connectivity index (χ0v) is 12.2. The van der Waals surface area contributed by atoms with Crippen LogP contribution in [0.5, 0.6) is 0 Å². The summed E-state index contributed by atoms with van der Waals surface area (Å²) in [5, 5.41) is 0. The highest BCUT2D eigenvalue weighted by atomic mass is 79.9. The molecule has 3 nitrogen and oxygen atoms in total. The minimum Gasteiger partial charge on any atom is -0.336 e. The van der Waals surface area contributed by atoms with Gasteiger partial charge in [0, 0.05) is 24.1 Å². The summed E-state index contributed by atoms with van der Waals surface area (Å²) in [5.41, 5.74) is 0.964. The Balaban J connectivity index is 1.90. The zero-order chi connectivity index (χ0) is 14.8. The van der Waals surface area contributed by atoms with E-state index >= 15 is 0 Å². The van der Waals surface area contributed by atoms with Crippen molar-refractivity contribution in [3.8, 4) is 0 Å². The molecule has 1 amide bonds. The Kier molecular flexibility index (Phi) is 4.70. The minimum absolute atomic E-state index is 0.171. The number of alkyl halides is 3. The van der Waals surface area contributed by atoms with E-state index in [9.17, 15) is 18.0 Å². The van der Waals surface area contributed by atoms with E-state index in [0.717, 1.165) is 14.9 Å². The monoisotopic (exact) mass is 350 g/mol. The van der Waals surface area contributed by atoms with Gasteiger partial charge in [0.05, 0.1) is 13.1 Å². The molecule has 0 aliphatic carbocycles. The van der Waals surface area contributed by atoms with Crippen LogP contribution in [0.2, 0.25) is 0 Å². The van der Waals surface area contributed by atoms with E-state index in [-0.39, 0.29) is 19.0 Å². The molecular formula is C13H14BrF3N2O. The molecule has 20 heavy (non-hydrogen) atoms. The number of carbonyl (C=O) groups is 1. The first kappa shape index (κ1) is 15.3. The summed E-state index contributed by atoms with van der Waals surface area (Å²) < 4.78 is 37.8. The fourth-order valence-electron chi connectivity index (χ4n) is 2.12. The van der Waals surface area contributed by atoms with Gasteiger partial charge in [-0.1, -0.05) is 28.1 Å². The van der Waals surface area contributed by atoms with E-state index < -0.39 is 12.7 Å². The largest absolute Gasteiger partial charge is 0.401 e. The molecule has 1 aromatic rings. The van der Waals surface area contributed by atoms with Gasteiger partial charge in [-0.2, -0.15) is 13.2 Å². The topological polar surface area (TPSA) is 23.6 Å². The zero-order valence-electron chi connectivity index (χ0n) is 10.7. The second kappa shape index (κ2) is 6.13. The highest BCUT2D eigenvalue weighted by Crippen LogP contribution is 2.19. The van der Waals surface area contributed by atoms with Crippen LogP contribution in [0.1, 0.15) is 5.56 Å². The summed E-state index contributed by atoms with van der Waals surface area (Å²) in [6.45, 7) is -0.181. The summed E-state index contributed by atoms with van der Waals surface area (Å²) in [6.07, 6.45) is -4.26. The normalized spacial score (nSPS) is 17.6. The predicted molar refractivity (Wildman–Crippen MR) is 72.1 cm³/mol. The lowest BCUT2D eigenvalue weighted by Gasteiger charge is -2.34. The van der Waals surface area contributed by atoms with Gasteiger partial charge in [-0.25, -0.2) is 0 Å². The third kappa shape index (κ3) is 4.49. The molecule has 0 atom stereocenters. The lowest BCUT2D eigenvalue weighted by atomic mass is 10.2. The van der Waals surface area contributed by atoms with Crippen molar-refractivity contribution < 1.29 is 18.0 Å². The Bertz CT molecular complexity index is 475. The molecule has 0 unspecified atom stereocenters. The van der Waals surface area contributed by atoms with Crippen molar-refractivity contribution in [1.29, 1.82) is 0 Å². The fraction of sp³-hybridized carbons (Fsp3) is 0.462. The molecule has 1 fully saturated rings. The first-order valence-electron chi connectivity index (χ1n) is 6.15. The number of hydrogen-bond acceptors (Lipinski definition) is 2. The second-order valence-corrected chi connectivity index (χ2v) is 5.68. The van der Waals surface area contributed by atoms with Gasteiger partial charge in [0.2, 0.25) is 5.91 Å². The minimum atomic E-state index is -4.26. The summed E-state index contributed by atoms with van der Waals surface area (Å²) >= 11 is 3.32. The van der Waals surface area contributed by atoms with E-state index in [4.69, 9.17) is 0 Å². The molecule has 1 aliphatic heterocycles. The van der Waals surface area contributed by atoms with Crippen LogP contribution in [-0.2, 0) is 11.3 Å². The third-order valence-corrected chi connectivity index (χ3v) is 3.62. The molecule has 0 saturated carbocycles. The van der Waals surface area contributed by atoms with Gasteiger partial charge in [-0.05, 0) is 17.7 Å². The smallest absolute Gasteiger partial charge is 0.336 e. The van der Waals surface area contributed by atoms with Gasteiger partial charge in [0.15, 0.2) is 0 Å². The SMILES string of the molecule is O=C1CN(CC(F)(F)F)CCN1Cc1ccc(Br)cc1. The van der Waals surface area contributed by atoms with Gasteiger partial charge in [0.1, 0.15) is 0 Å². The van der Waals surface area contributed by atoms with Crippen LogP contribution in [0.15, 0.2) is 28.7 Å². The van der Waals surface area contributed by atoms with Crippen molar-refractivity contribution >= 4 is 21.8 Å². The Morgan fingerprint density at radius 3 is 2.35 bits per heavy atom. The summed E-state index contributed by atoms with van der Waals surface area (Å²) in [6, 6.07) is 7.53. The predicted octanol–water partition coefficient (Wildman–Crippen LogP) is 2.66. The van der Waals surface area contributed by atoms with Gasteiger partial charge < -0.3 is 4.90 Å². The van der Waals surface area contributed by atoms with Gasteiger partial charge >= 0.3 is 6.18 Å². The number of piperazine rings is 1. The van der Waals surface area contributed by atoms with Gasteiger partial charge in [0.25, 0.3) is 0 Å². The molecule has 2 rings (SSSR count). The van der Waals surface area contributed by atoms with Crippen LogP contribution >= 0.6 is 15.9 Å². The number of benzene rings is 1. The van der Waals surface area contributed by atoms with Crippen molar-refractivity contribution in [1.82, 2.24) is 9.80 Å². The highest BCUT2D eigenvalue weighted by Gasteiger charge is 2.34. The molecule has 0 bridgehead atoms. The number of hydrogen-bond donors (Lipinski definition) is 0. The molecular weight excluding hydrogens is 337 g/mol. The Hall–Kier alpha value is -1.08. The quantitative estimate of drug-likeness (QED) is 0.836. The Morgan fingerprint density at radius 2 is 1.80 bits per heavy atom. The van der Waals surface area contributed by atoms with Crippen LogP contribution < -0.4 is 0 Å². The first-order chi connectivity index (χ1) is 9.33. The number of carbonyl (C=O) groups excluding carboxylic acids is 1. The van der Waals surface area contributed by atoms with E-state index in [1.54, 1.807) is 4.90 Å². The maximum Gasteiger partial charge on any atom is 0.401 e. The molecule has 7 heteroatoms. The summed E-state index contributed by atoms with van der Waals surface area (Å²) in [5.74, 6) is -0.261. The second-order valence-electron chi connectivity index (χ2n) is 4.77. The molecule has 1 aromatic carbocycles. The molecule has 1 heterocycles. The summed E-state index contributed by atoms with van der Waals surface area (Å²) in [7, 11) is 0. The average molecular weight is 351 g/mol. The van der Waals surface area contributed by atoms with Crippen molar-refractivity contribution in [3.63, 3.8) is 0 Å². The van der Waals surface area contributed by atoms with Crippen LogP contribution in [0.3, 0.4) is 0 Å². The molecule has 0 radical (unpaired) electrons. The molecule has 1 aliphatic rings. The lowest BCUT2D eigenvalue weighted by molar-refractivity contribution is -0.157. The molecule has 0 N–H and O–H groups in total. The Labute approximate surface area is 123 Å². The summed E-state index contributed by atoms with van der Waals surface area (Å²) in [4.78, 5) is 14.6. The van der Waals surface area contributed by atoms with Crippen LogP contribution in [-0.4, -0.2) is 48.1 Å². The maximum atomic E-state index is 12.3. The molecule has 110 valence electrons. The molecule has 0 spiro atoms. The Morgan fingerprint density at radius 1 is 1.15 bits per heavy atom. The van der Waals surface area contributed by atoms with E-state index in [1.807, 2.05) is 24.3 Å². The van der Waals surface area contributed by atoms with Gasteiger partial charge in [-0.15, -0.1) is 0 Å². The number of amides is 1. The first-order valence-corrected chi connectivity index (χ1v) is 6.94. The van der Waals surface area contributed by atoms with Gasteiger partial charge in [-0.3, -0.25) is 9.69 Å². The number of nitrogens with zero attached hydrogens (tertiary/aromatic N) is 2. The standard InChI is InChI=1S/C13H14BrF3N2O/c14-11-3-1-10(2-4-11)7-19-6-5-18(8-12(19)20)9-13(15,16)17/h1-4H,5-9H2. The number of halogens is 4. The van der Waals surface area contributed by atoms with Crippen molar-refractivity contribution in [2.75, 3.05) is 26.2 Å². The van der Waals surface area contributed by atoms with Crippen LogP contribution in [0.4, 0.5) is 13.2 Å². The highest BCUT2D eigenvalue weighted by molar-refractivity contribution is 9.10. The van der Waals surface area contributed by atoms with Crippen LogP contribution in [0, 0.1) is 0 Å². The van der Waals surface area contributed by atoms with E-state index in [0.29, 0.717) is 13.1 Å². The van der Waals surface area contributed by atoms with Crippen LogP contribution in [0.25, 0.3) is 0 Å². The fourth-order valence-corrected chi connectivity index (χ4v) is 2.39.